The summed E-state index contributed by atoms with van der Waals surface area (Å²) in [5, 5.41) is 4.56. The largest absolute Gasteiger partial charge is 0.452 e. The molecule has 10 heteroatoms. The molecule has 0 aliphatic carbocycles. The van der Waals surface area contributed by atoms with E-state index in [9.17, 15) is 22.8 Å². The maximum atomic E-state index is 11.9. The van der Waals surface area contributed by atoms with Gasteiger partial charge in [0.1, 0.15) is 0 Å². The van der Waals surface area contributed by atoms with Gasteiger partial charge in [-0.25, -0.2) is 22.7 Å². The molecule has 0 spiro atoms. The lowest BCUT2D eigenvalue weighted by molar-refractivity contribution is -0.123. The third kappa shape index (κ3) is 7.19. The molecule has 9 nitrogen and oxygen atoms in total. The minimum atomic E-state index is -3.62. The van der Waals surface area contributed by atoms with Crippen molar-refractivity contribution in [3.63, 3.8) is 0 Å². The monoisotopic (exact) mass is 385 g/mol. The molecule has 26 heavy (non-hydrogen) atoms. The lowest BCUT2D eigenvalue weighted by Gasteiger charge is -2.20. The number of sulfonamides is 1. The summed E-state index contributed by atoms with van der Waals surface area (Å²) in [5.41, 5.74) is -0.442. The van der Waals surface area contributed by atoms with Gasteiger partial charge in [-0.3, -0.25) is 10.1 Å². The Morgan fingerprint density at radius 1 is 1.08 bits per heavy atom. The number of rotatable bonds is 6. The molecule has 1 aromatic rings. The Bertz CT molecular complexity index is 766. The molecule has 0 bridgehead atoms. The predicted octanol–water partition coefficient (Wildman–Crippen LogP) is 0.766. The van der Waals surface area contributed by atoms with Gasteiger partial charge in [-0.05, 0) is 45.0 Å². The van der Waals surface area contributed by atoms with Crippen molar-refractivity contribution in [2.24, 2.45) is 0 Å². The lowest BCUT2D eigenvalue weighted by Crippen LogP contribution is -2.49. The average molecular weight is 385 g/mol. The van der Waals surface area contributed by atoms with Gasteiger partial charge in [-0.15, -0.1) is 0 Å². The van der Waals surface area contributed by atoms with E-state index in [1.165, 1.54) is 24.3 Å². The molecule has 0 fully saturated rings. The maximum absolute atomic E-state index is 11.9. The number of carbonyl (C=O) groups is 3. The Labute approximate surface area is 152 Å². The van der Waals surface area contributed by atoms with Crippen molar-refractivity contribution in [1.82, 2.24) is 15.4 Å². The number of nitrogens with one attached hydrogen (secondary N) is 3. The number of ether oxygens (including phenoxy) is 1. The Balaban J connectivity index is 2.58. The van der Waals surface area contributed by atoms with Crippen LogP contribution in [0.25, 0.3) is 0 Å². The van der Waals surface area contributed by atoms with Crippen LogP contribution in [0.4, 0.5) is 4.79 Å². The Kier molecular flexibility index (Phi) is 7.28. The van der Waals surface area contributed by atoms with Gasteiger partial charge < -0.3 is 10.1 Å². The molecule has 0 saturated heterocycles. The number of esters is 1. The minimum absolute atomic E-state index is 0.00694. The topological polar surface area (TPSA) is 131 Å². The van der Waals surface area contributed by atoms with Gasteiger partial charge in [0.15, 0.2) is 6.61 Å². The summed E-state index contributed by atoms with van der Waals surface area (Å²) in [6.45, 7) is 6.48. The molecule has 3 N–H and O–H groups in total. The van der Waals surface area contributed by atoms with Crippen LogP contribution in [-0.2, 0) is 19.6 Å². The number of hydrogen-bond donors (Lipinski definition) is 3. The fourth-order valence-electron chi connectivity index (χ4n) is 1.79. The zero-order chi connectivity index (χ0) is 20.0. The van der Waals surface area contributed by atoms with Crippen LogP contribution in [0.1, 0.15) is 38.1 Å². The second-order valence-corrected chi connectivity index (χ2v) is 8.12. The van der Waals surface area contributed by atoms with Crippen LogP contribution in [-0.4, -0.2) is 45.0 Å². The first-order valence-corrected chi connectivity index (χ1v) is 9.32. The molecule has 0 aliphatic heterocycles. The van der Waals surface area contributed by atoms with Gasteiger partial charge in [0.25, 0.3) is 5.91 Å². The molecule has 0 saturated carbocycles. The van der Waals surface area contributed by atoms with Crippen LogP contribution in [0.15, 0.2) is 29.2 Å². The molecular weight excluding hydrogens is 362 g/mol. The van der Waals surface area contributed by atoms with E-state index >= 15 is 0 Å². The third-order valence-electron chi connectivity index (χ3n) is 2.81. The number of urea groups is 1. The first-order valence-electron chi connectivity index (χ1n) is 7.83. The number of imide groups is 1. The first kappa shape index (κ1) is 21.6. The van der Waals surface area contributed by atoms with Gasteiger partial charge >= 0.3 is 12.0 Å². The normalized spacial score (nSPS) is 11.5. The molecule has 0 aliphatic rings. The highest BCUT2D eigenvalue weighted by atomic mass is 32.2. The fraction of sp³-hybridized carbons (Fsp3) is 0.438. The molecule has 1 aromatic carbocycles. The average Bonchev–Trinajstić information content (AvgIpc) is 2.50. The fourth-order valence-corrected chi connectivity index (χ4v) is 2.83. The van der Waals surface area contributed by atoms with Crippen LogP contribution >= 0.6 is 0 Å². The summed E-state index contributed by atoms with van der Waals surface area (Å²) >= 11 is 0. The summed E-state index contributed by atoms with van der Waals surface area (Å²) in [6, 6.07) is 4.36. The van der Waals surface area contributed by atoms with Crippen molar-refractivity contribution in [1.29, 1.82) is 0 Å². The molecular formula is C16H23N3O6S. The van der Waals surface area contributed by atoms with E-state index in [4.69, 9.17) is 4.74 Å². The Hall–Kier alpha value is -2.46. The van der Waals surface area contributed by atoms with Gasteiger partial charge in [0.05, 0.1) is 10.5 Å². The van der Waals surface area contributed by atoms with Gasteiger partial charge in [0.2, 0.25) is 10.0 Å². The van der Waals surface area contributed by atoms with E-state index < -0.39 is 40.1 Å². The zero-order valence-electron chi connectivity index (χ0n) is 15.1. The van der Waals surface area contributed by atoms with Gasteiger partial charge in [-0.1, -0.05) is 6.92 Å². The smallest absolute Gasteiger partial charge is 0.338 e. The summed E-state index contributed by atoms with van der Waals surface area (Å²) in [7, 11) is -3.62. The predicted molar refractivity (Wildman–Crippen MR) is 94.0 cm³/mol. The molecule has 1 rings (SSSR count). The first-order chi connectivity index (χ1) is 11.9. The summed E-state index contributed by atoms with van der Waals surface area (Å²) in [5.74, 6) is -1.60. The molecule has 0 atom stereocenters. The highest BCUT2D eigenvalue weighted by molar-refractivity contribution is 7.89. The van der Waals surface area contributed by atoms with E-state index in [2.05, 4.69) is 10.0 Å². The number of carbonyl (C=O) groups excluding carboxylic acids is 3. The van der Waals surface area contributed by atoms with E-state index in [1.54, 1.807) is 27.7 Å². The Morgan fingerprint density at radius 2 is 1.65 bits per heavy atom. The van der Waals surface area contributed by atoms with E-state index in [1.807, 2.05) is 5.32 Å². The highest BCUT2D eigenvalue weighted by Gasteiger charge is 2.18. The van der Waals surface area contributed by atoms with Crippen LogP contribution in [0.2, 0.25) is 0 Å². The zero-order valence-corrected chi connectivity index (χ0v) is 15.9. The standard InChI is InChI=1S/C16H23N3O6S/c1-5-17-26(23,24)12-8-6-11(7-9-12)14(21)25-10-13(20)18-15(22)19-16(2,3)4/h6-9,17H,5,10H2,1-4H3,(H2,18,19,20,22). The summed E-state index contributed by atoms with van der Waals surface area (Å²) < 4.78 is 30.7. The molecule has 0 unspecified atom stereocenters. The van der Waals surface area contributed by atoms with E-state index in [-0.39, 0.29) is 17.0 Å². The van der Waals surface area contributed by atoms with Crippen molar-refractivity contribution in [2.75, 3.05) is 13.2 Å². The lowest BCUT2D eigenvalue weighted by atomic mass is 10.1. The van der Waals surface area contributed by atoms with E-state index in [0.717, 1.165) is 0 Å². The number of hydrogen-bond acceptors (Lipinski definition) is 6. The second kappa shape index (κ2) is 8.77. The third-order valence-corrected chi connectivity index (χ3v) is 4.37. The van der Waals surface area contributed by atoms with Crippen molar-refractivity contribution in [3.8, 4) is 0 Å². The van der Waals surface area contributed by atoms with Crippen molar-refractivity contribution >= 4 is 27.9 Å². The van der Waals surface area contributed by atoms with Crippen LogP contribution < -0.4 is 15.4 Å². The molecule has 0 heterocycles. The van der Waals surface area contributed by atoms with Crippen LogP contribution in [0.5, 0.6) is 0 Å². The number of benzene rings is 1. The maximum Gasteiger partial charge on any atom is 0.338 e. The van der Waals surface area contributed by atoms with Crippen LogP contribution in [0, 0.1) is 0 Å². The second-order valence-electron chi connectivity index (χ2n) is 6.35. The van der Waals surface area contributed by atoms with Gasteiger partial charge in [0, 0.05) is 12.1 Å². The summed E-state index contributed by atoms with van der Waals surface area (Å²) in [6.07, 6.45) is 0. The van der Waals surface area contributed by atoms with Crippen molar-refractivity contribution in [3.05, 3.63) is 29.8 Å². The molecule has 144 valence electrons. The van der Waals surface area contributed by atoms with E-state index in [0.29, 0.717) is 0 Å². The van der Waals surface area contributed by atoms with Crippen molar-refractivity contribution in [2.45, 2.75) is 38.1 Å². The highest BCUT2D eigenvalue weighted by Crippen LogP contribution is 2.11. The SMILES string of the molecule is CCNS(=O)(=O)c1ccc(C(=O)OCC(=O)NC(=O)NC(C)(C)C)cc1. The Morgan fingerprint density at radius 3 is 2.15 bits per heavy atom. The van der Waals surface area contributed by atoms with Crippen LogP contribution in [0.3, 0.4) is 0 Å². The minimum Gasteiger partial charge on any atom is -0.452 e. The van der Waals surface area contributed by atoms with Gasteiger partial charge in [-0.2, -0.15) is 0 Å². The molecule has 0 aromatic heterocycles. The molecule has 3 amide bonds. The quantitative estimate of drug-likeness (QED) is 0.620. The van der Waals surface area contributed by atoms with Crippen molar-refractivity contribution < 1.29 is 27.5 Å². The summed E-state index contributed by atoms with van der Waals surface area (Å²) in [4.78, 5) is 35.0. The molecule has 0 radical (unpaired) electrons. The number of amides is 3.